The van der Waals surface area contributed by atoms with Crippen LogP contribution < -0.4 is 5.32 Å². The Kier molecular flexibility index (Phi) is 5.55. The van der Waals surface area contributed by atoms with Gasteiger partial charge in [0.1, 0.15) is 0 Å². The van der Waals surface area contributed by atoms with E-state index in [1.54, 1.807) is 12.4 Å². The van der Waals surface area contributed by atoms with Crippen molar-refractivity contribution in [2.45, 2.75) is 38.5 Å². The highest BCUT2D eigenvalue weighted by atomic mass is 19.4. The number of halogens is 3. The molecule has 1 N–H and O–H groups in total. The zero-order valence-corrected chi connectivity index (χ0v) is 16.5. The van der Waals surface area contributed by atoms with Crippen LogP contribution in [0.15, 0.2) is 35.6 Å². The Morgan fingerprint density at radius 2 is 2.13 bits per heavy atom. The Labute approximate surface area is 172 Å². The van der Waals surface area contributed by atoms with Gasteiger partial charge < -0.3 is 5.32 Å². The number of carbonyl (C=O) groups excluding carboxylic acids is 1. The third-order valence-electron chi connectivity index (χ3n) is 5.26. The number of aliphatic imine (C=N–C) groups is 1. The summed E-state index contributed by atoms with van der Waals surface area (Å²) in [6.45, 7) is 2.05. The van der Waals surface area contributed by atoms with E-state index in [0.717, 1.165) is 28.1 Å². The SMILES string of the molecule is Cc1cc(C2=NCc3cc(CC(=O)N[C@@H]4CCN(CC(F)(F)F)C4)ncc32)ccn1. The van der Waals surface area contributed by atoms with Gasteiger partial charge in [0.2, 0.25) is 5.91 Å². The fraction of sp³-hybridized carbons (Fsp3) is 0.429. The summed E-state index contributed by atoms with van der Waals surface area (Å²) in [5.41, 5.74) is 5.34. The first kappa shape index (κ1) is 20.5. The number of alkyl halides is 3. The van der Waals surface area contributed by atoms with Crippen LogP contribution in [0.4, 0.5) is 13.2 Å². The summed E-state index contributed by atoms with van der Waals surface area (Å²) in [7, 11) is 0. The minimum atomic E-state index is -4.22. The first-order valence-electron chi connectivity index (χ1n) is 9.81. The number of aromatic nitrogens is 2. The molecule has 4 rings (SSSR count). The van der Waals surface area contributed by atoms with Gasteiger partial charge in [0.15, 0.2) is 0 Å². The molecule has 0 aromatic carbocycles. The second kappa shape index (κ2) is 8.14. The number of nitrogens with one attached hydrogen (secondary N) is 1. The smallest absolute Gasteiger partial charge is 0.352 e. The zero-order valence-electron chi connectivity index (χ0n) is 16.5. The molecule has 30 heavy (non-hydrogen) atoms. The molecule has 1 amide bonds. The van der Waals surface area contributed by atoms with Gasteiger partial charge in [-0.05, 0) is 37.1 Å². The van der Waals surface area contributed by atoms with Crippen LogP contribution >= 0.6 is 0 Å². The summed E-state index contributed by atoms with van der Waals surface area (Å²) in [5.74, 6) is -0.231. The van der Waals surface area contributed by atoms with Gasteiger partial charge in [0.05, 0.1) is 30.9 Å². The second-order valence-electron chi connectivity index (χ2n) is 7.76. The average Bonchev–Trinajstić information content (AvgIpc) is 3.26. The fourth-order valence-corrected chi connectivity index (χ4v) is 3.97. The monoisotopic (exact) mass is 417 g/mol. The Bertz CT molecular complexity index is 989. The van der Waals surface area contributed by atoms with Crippen molar-refractivity contribution in [3.8, 4) is 0 Å². The van der Waals surface area contributed by atoms with Crippen LogP contribution in [-0.4, -0.2) is 58.3 Å². The maximum absolute atomic E-state index is 12.5. The van der Waals surface area contributed by atoms with Gasteiger partial charge in [-0.3, -0.25) is 24.7 Å². The van der Waals surface area contributed by atoms with Gasteiger partial charge in [-0.1, -0.05) is 0 Å². The lowest BCUT2D eigenvalue weighted by molar-refractivity contribution is -0.143. The van der Waals surface area contributed by atoms with E-state index in [9.17, 15) is 18.0 Å². The van der Waals surface area contributed by atoms with Crippen molar-refractivity contribution in [3.63, 3.8) is 0 Å². The predicted molar refractivity (Wildman–Crippen MR) is 105 cm³/mol. The first-order chi connectivity index (χ1) is 14.3. The normalized spacial score (nSPS) is 18.9. The summed E-state index contributed by atoms with van der Waals surface area (Å²) in [5, 5.41) is 2.83. The van der Waals surface area contributed by atoms with Crippen molar-refractivity contribution < 1.29 is 18.0 Å². The van der Waals surface area contributed by atoms with Crippen molar-refractivity contribution in [1.29, 1.82) is 0 Å². The van der Waals surface area contributed by atoms with Gasteiger partial charge in [-0.25, -0.2) is 0 Å². The van der Waals surface area contributed by atoms with Crippen LogP contribution in [0.5, 0.6) is 0 Å². The molecule has 158 valence electrons. The van der Waals surface area contributed by atoms with Gasteiger partial charge in [0.25, 0.3) is 0 Å². The van der Waals surface area contributed by atoms with Crippen LogP contribution in [0.1, 0.15) is 34.5 Å². The van der Waals surface area contributed by atoms with E-state index >= 15 is 0 Å². The van der Waals surface area contributed by atoms with E-state index in [1.807, 2.05) is 25.1 Å². The largest absolute Gasteiger partial charge is 0.401 e. The van der Waals surface area contributed by atoms with Crippen LogP contribution in [0.3, 0.4) is 0 Å². The molecule has 2 aromatic rings. The van der Waals surface area contributed by atoms with E-state index in [1.165, 1.54) is 4.90 Å². The average molecular weight is 417 g/mol. The van der Waals surface area contributed by atoms with Gasteiger partial charge in [0, 0.05) is 48.3 Å². The quantitative estimate of drug-likeness (QED) is 0.811. The number of hydrogen-bond acceptors (Lipinski definition) is 5. The number of aryl methyl sites for hydroxylation is 1. The minimum Gasteiger partial charge on any atom is -0.352 e. The third-order valence-corrected chi connectivity index (χ3v) is 5.26. The standard InChI is InChI=1S/C21H22F3N5O/c1-13-6-14(2-4-25-13)20-18-10-26-17(7-15(18)9-27-20)8-19(30)28-16-3-5-29(11-16)12-21(22,23)24/h2,4,6-7,10,16H,3,5,8-9,11-12H2,1H3,(H,28,30)/t16-/m1/s1. The van der Waals surface area contributed by atoms with Crippen LogP contribution in [0.2, 0.25) is 0 Å². The number of likely N-dealkylation sites (tertiary alicyclic amines) is 1. The molecule has 9 heteroatoms. The molecular formula is C21H22F3N5O. The van der Waals surface area contributed by atoms with Crippen LogP contribution in [0, 0.1) is 6.92 Å². The summed E-state index contributed by atoms with van der Waals surface area (Å²) >= 11 is 0. The predicted octanol–water partition coefficient (Wildman–Crippen LogP) is 2.43. The van der Waals surface area contributed by atoms with Crippen molar-refractivity contribution >= 4 is 11.6 Å². The number of pyridine rings is 2. The lowest BCUT2D eigenvalue weighted by Crippen LogP contribution is -2.39. The summed E-state index contributed by atoms with van der Waals surface area (Å²) < 4.78 is 37.5. The summed E-state index contributed by atoms with van der Waals surface area (Å²) in [6, 6.07) is 5.49. The van der Waals surface area contributed by atoms with Gasteiger partial charge in [-0.15, -0.1) is 0 Å². The van der Waals surface area contributed by atoms with E-state index in [4.69, 9.17) is 0 Å². The van der Waals surface area contributed by atoms with Crippen LogP contribution in [0.25, 0.3) is 0 Å². The fourth-order valence-electron chi connectivity index (χ4n) is 3.97. The molecule has 1 saturated heterocycles. The lowest BCUT2D eigenvalue weighted by Gasteiger charge is -2.18. The third kappa shape index (κ3) is 4.84. The van der Waals surface area contributed by atoms with Gasteiger partial charge in [-0.2, -0.15) is 13.2 Å². The topological polar surface area (TPSA) is 70.5 Å². The number of nitrogens with zero attached hydrogens (tertiary/aromatic N) is 4. The molecule has 6 nitrogen and oxygen atoms in total. The molecule has 2 aliphatic rings. The maximum Gasteiger partial charge on any atom is 0.401 e. The molecule has 0 radical (unpaired) electrons. The van der Waals surface area contributed by atoms with E-state index in [0.29, 0.717) is 25.2 Å². The molecule has 0 spiro atoms. The molecule has 2 aliphatic heterocycles. The second-order valence-corrected chi connectivity index (χ2v) is 7.76. The van der Waals surface area contributed by atoms with Crippen LogP contribution in [-0.2, 0) is 17.8 Å². The summed E-state index contributed by atoms with van der Waals surface area (Å²) in [4.78, 5) is 26.9. The molecule has 1 fully saturated rings. The summed E-state index contributed by atoms with van der Waals surface area (Å²) in [6.07, 6.45) is -0.131. The number of fused-ring (bicyclic) bond motifs is 1. The van der Waals surface area contributed by atoms with Crippen molar-refractivity contribution in [2.75, 3.05) is 19.6 Å². The lowest BCUT2D eigenvalue weighted by atomic mass is 10.0. The van der Waals surface area contributed by atoms with Crippen molar-refractivity contribution in [1.82, 2.24) is 20.2 Å². The minimum absolute atomic E-state index is 0.0900. The highest BCUT2D eigenvalue weighted by molar-refractivity contribution is 6.15. The highest BCUT2D eigenvalue weighted by Crippen LogP contribution is 2.24. The van der Waals surface area contributed by atoms with Crippen molar-refractivity contribution in [2.24, 2.45) is 4.99 Å². The molecule has 0 unspecified atom stereocenters. The molecule has 0 bridgehead atoms. The first-order valence-corrected chi connectivity index (χ1v) is 9.81. The number of carbonyl (C=O) groups is 1. The maximum atomic E-state index is 12.5. The Hall–Kier alpha value is -2.81. The molecule has 0 saturated carbocycles. The van der Waals surface area contributed by atoms with E-state index in [2.05, 4.69) is 20.3 Å². The Morgan fingerprint density at radius 3 is 2.90 bits per heavy atom. The Balaban J connectivity index is 1.35. The number of rotatable bonds is 5. The van der Waals surface area contributed by atoms with E-state index in [-0.39, 0.29) is 24.9 Å². The molecule has 0 aliphatic carbocycles. The highest BCUT2D eigenvalue weighted by Gasteiger charge is 2.34. The zero-order chi connectivity index (χ0) is 21.3. The van der Waals surface area contributed by atoms with Gasteiger partial charge >= 0.3 is 6.18 Å². The molecule has 1 atom stereocenters. The molecular weight excluding hydrogens is 395 g/mol. The Morgan fingerprint density at radius 1 is 1.30 bits per heavy atom. The number of hydrogen-bond donors (Lipinski definition) is 1. The number of amides is 1. The van der Waals surface area contributed by atoms with Crippen molar-refractivity contribution in [3.05, 3.63) is 58.7 Å². The molecule has 4 heterocycles. The molecule has 2 aromatic heterocycles. The van der Waals surface area contributed by atoms with E-state index < -0.39 is 12.7 Å².